The fourth-order valence-corrected chi connectivity index (χ4v) is 2.63. The Bertz CT molecular complexity index is 688. The Morgan fingerprint density at radius 1 is 1.52 bits per heavy atom. The number of aliphatic hydroxyl groups is 3. The van der Waals surface area contributed by atoms with Crippen LogP contribution in [0, 0.1) is 0 Å². The summed E-state index contributed by atoms with van der Waals surface area (Å²) in [6, 6.07) is 1.69. The number of rotatable bonds is 3. The summed E-state index contributed by atoms with van der Waals surface area (Å²) in [7, 11) is 0. The van der Waals surface area contributed by atoms with Crippen LogP contribution in [0.15, 0.2) is 31.2 Å². The van der Waals surface area contributed by atoms with E-state index >= 15 is 0 Å². The van der Waals surface area contributed by atoms with Gasteiger partial charge in [-0.05, 0) is 6.07 Å². The first-order chi connectivity index (χ1) is 10.0. The third-order valence-electron chi connectivity index (χ3n) is 3.82. The molecule has 1 fully saturated rings. The van der Waals surface area contributed by atoms with E-state index in [1.165, 1.54) is 17.0 Å². The summed E-state index contributed by atoms with van der Waals surface area (Å²) in [6.07, 6.45) is 0.927. The Morgan fingerprint density at radius 3 is 2.95 bits per heavy atom. The standard InChI is InChI=1S/C13H16N4O4/c1-2-13(20)9(19)8(5-18)21-12(13)17-4-3-7-10(14)15-6-16-11(7)17/h2-4,6,8-9,12,18-20H,1,5H2,(H2,14,15,16)/t8-,9?,12-,13?/m1/s1. The largest absolute Gasteiger partial charge is 0.394 e. The van der Waals surface area contributed by atoms with Gasteiger partial charge in [0.05, 0.1) is 12.0 Å². The molecule has 0 aliphatic carbocycles. The lowest BCUT2D eigenvalue weighted by Gasteiger charge is -2.28. The molecule has 8 heteroatoms. The van der Waals surface area contributed by atoms with Gasteiger partial charge in [-0.2, -0.15) is 0 Å². The van der Waals surface area contributed by atoms with Gasteiger partial charge in [-0.1, -0.05) is 12.7 Å². The quantitative estimate of drug-likeness (QED) is 0.544. The van der Waals surface area contributed by atoms with Gasteiger partial charge in [0.2, 0.25) is 0 Å². The van der Waals surface area contributed by atoms with Gasteiger partial charge >= 0.3 is 0 Å². The Hall–Kier alpha value is -2.00. The predicted molar refractivity (Wildman–Crippen MR) is 74.1 cm³/mol. The number of aliphatic hydroxyl groups excluding tert-OH is 2. The maximum Gasteiger partial charge on any atom is 0.171 e. The van der Waals surface area contributed by atoms with Gasteiger partial charge in [-0.15, -0.1) is 0 Å². The molecule has 2 aromatic heterocycles. The number of ether oxygens (including phenoxy) is 1. The number of hydrogen-bond acceptors (Lipinski definition) is 7. The Kier molecular flexibility index (Phi) is 3.18. The maximum absolute atomic E-state index is 10.6. The van der Waals surface area contributed by atoms with E-state index in [-0.39, 0.29) is 0 Å². The molecule has 1 saturated heterocycles. The van der Waals surface area contributed by atoms with Crippen molar-refractivity contribution < 1.29 is 20.1 Å². The molecule has 112 valence electrons. The fourth-order valence-electron chi connectivity index (χ4n) is 2.63. The Morgan fingerprint density at radius 2 is 2.29 bits per heavy atom. The van der Waals surface area contributed by atoms with E-state index in [2.05, 4.69) is 16.5 Å². The van der Waals surface area contributed by atoms with E-state index in [0.29, 0.717) is 16.9 Å². The van der Waals surface area contributed by atoms with Crippen LogP contribution in [0.3, 0.4) is 0 Å². The highest BCUT2D eigenvalue weighted by Crippen LogP contribution is 2.40. The van der Waals surface area contributed by atoms with E-state index in [9.17, 15) is 15.3 Å². The molecular weight excluding hydrogens is 276 g/mol. The SMILES string of the molecule is C=CC1(O)C(O)[C@@H](CO)O[C@H]1n1ccc2c(N)ncnc21. The first kappa shape index (κ1) is 14.0. The summed E-state index contributed by atoms with van der Waals surface area (Å²) < 4.78 is 7.10. The Balaban J connectivity index is 2.13. The molecule has 1 aliphatic heterocycles. The number of anilines is 1. The lowest BCUT2D eigenvalue weighted by Crippen LogP contribution is -2.45. The summed E-state index contributed by atoms with van der Waals surface area (Å²) in [6.45, 7) is 3.12. The summed E-state index contributed by atoms with van der Waals surface area (Å²) in [4.78, 5) is 8.01. The minimum Gasteiger partial charge on any atom is -0.394 e. The molecule has 5 N–H and O–H groups in total. The van der Waals surface area contributed by atoms with Crippen molar-refractivity contribution in [3.63, 3.8) is 0 Å². The molecule has 0 spiro atoms. The normalized spacial score (nSPS) is 32.6. The number of nitrogens with two attached hydrogens (primary N) is 1. The highest BCUT2D eigenvalue weighted by molar-refractivity contribution is 5.86. The molecule has 0 amide bonds. The van der Waals surface area contributed by atoms with Crippen LogP contribution in [-0.2, 0) is 4.74 Å². The van der Waals surface area contributed by atoms with Crippen LogP contribution in [0.1, 0.15) is 6.23 Å². The number of fused-ring (bicyclic) bond motifs is 1. The van der Waals surface area contributed by atoms with Crippen molar-refractivity contribution in [1.82, 2.24) is 14.5 Å². The van der Waals surface area contributed by atoms with Crippen molar-refractivity contribution in [1.29, 1.82) is 0 Å². The molecule has 8 nitrogen and oxygen atoms in total. The summed E-state index contributed by atoms with van der Waals surface area (Å²) >= 11 is 0. The second-order valence-electron chi connectivity index (χ2n) is 4.96. The number of nitrogens with zero attached hydrogens (tertiary/aromatic N) is 3. The minimum atomic E-state index is -1.75. The summed E-state index contributed by atoms with van der Waals surface area (Å²) in [5.41, 5.74) is 4.48. The summed E-state index contributed by atoms with van der Waals surface area (Å²) in [5, 5.41) is 30.6. The average Bonchev–Trinajstić information content (AvgIpc) is 3.01. The molecule has 0 bridgehead atoms. The van der Waals surface area contributed by atoms with Crippen LogP contribution in [0.4, 0.5) is 5.82 Å². The first-order valence-corrected chi connectivity index (χ1v) is 6.40. The lowest BCUT2D eigenvalue weighted by molar-refractivity contribution is -0.0768. The van der Waals surface area contributed by atoms with Crippen molar-refractivity contribution in [3.8, 4) is 0 Å². The van der Waals surface area contributed by atoms with E-state index in [1.807, 2.05) is 0 Å². The number of aromatic nitrogens is 3. The highest BCUT2D eigenvalue weighted by Gasteiger charge is 2.54. The highest BCUT2D eigenvalue weighted by atomic mass is 16.6. The molecule has 21 heavy (non-hydrogen) atoms. The van der Waals surface area contributed by atoms with Gasteiger partial charge < -0.3 is 30.4 Å². The molecule has 2 unspecified atom stereocenters. The molecule has 3 rings (SSSR count). The predicted octanol–water partition coefficient (Wildman–Crippen LogP) is -0.819. The van der Waals surface area contributed by atoms with Crippen molar-refractivity contribution in [2.75, 3.05) is 12.3 Å². The van der Waals surface area contributed by atoms with Crippen molar-refractivity contribution in [3.05, 3.63) is 31.2 Å². The monoisotopic (exact) mass is 292 g/mol. The molecule has 3 heterocycles. The van der Waals surface area contributed by atoms with Crippen LogP contribution < -0.4 is 5.73 Å². The van der Waals surface area contributed by atoms with Crippen LogP contribution in [-0.4, -0.2) is 54.3 Å². The van der Waals surface area contributed by atoms with Crippen molar-refractivity contribution >= 4 is 16.9 Å². The average molecular weight is 292 g/mol. The van der Waals surface area contributed by atoms with E-state index < -0.39 is 30.6 Å². The van der Waals surface area contributed by atoms with Gasteiger partial charge in [0, 0.05) is 6.20 Å². The van der Waals surface area contributed by atoms with Crippen LogP contribution in [0.25, 0.3) is 11.0 Å². The molecule has 4 atom stereocenters. The van der Waals surface area contributed by atoms with Crippen molar-refractivity contribution in [2.45, 2.75) is 24.0 Å². The van der Waals surface area contributed by atoms with Gasteiger partial charge in [-0.25, -0.2) is 9.97 Å². The Labute approximate surface area is 120 Å². The number of nitrogen functional groups attached to an aromatic ring is 1. The zero-order valence-electron chi connectivity index (χ0n) is 11.1. The topological polar surface area (TPSA) is 127 Å². The molecular formula is C13H16N4O4. The van der Waals surface area contributed by atoms with Gasteiger partial charge in [0.15, 0.2) is 11.8 Å². The molecule has 2 aromatic rings. The zero-order valence-corrected chi connectivity index (χ0v) is 11.1. The second kappa shape index (κ2) is 4.78. The molecule has 1 aliphatic rings. The fraction of sp³-hybridized carbons (Fsp3) is 0.385. The van der Waals surface area contributed by atoms with Crippen LogP contribution in [0.5, 0.6) is 0 Å². The van der Waals surface area contributed by atoms with Gasteiger partial charge in [0.25, 0.3) is 0 Å². The number of hydrogen-bond donors (Lipinski definition) is 4. The lowest BCUT2D eigenvalue weighted by atomic mass is 9.94. The van der Waals surface area contributed by atoms with Crippen molar-refractivity contribution in [2.24, 2.45) is 0 Å². The van der Waals surface area contributed by atoms with Crippen LogP contribution >= 0.6 is 0 Å². The third kappa shape index (κ3) is 1.84. The molecule has 0 radical (unpaired) electrons. The van der Waals surface area contributed by atoms with Gasteiger partial charge in [0.1, 0.15) is 30.0 Å². The maximum atomic E-state index is 10.6. The molecule has 0 saturated carbocycles. The van der Waals surface area contributed by atoms with Crippen LogP contribution in [0.2, 0.25) is 0 Å². The first-order valence-electron chi connectivity index (χ1n) is 6.40. The molecule has 0 aromatic carbocycles. The third-order valence-corrected chi connectivity index (χ3v) is 3.82. The van der Waals surface area contributed by atoms with E-state index in [0.717, 1.165) is 0 Å². The smallest absolute Gasteiger partial charge is 0.171 e. The van der Waals surface area contributed by atoms with Gasteiger partial charge in [-0.3, -0.25) is 0 Å². The summed E-state index contributed by atoms with van der Waals surface area (Å²) in [5.74, 6) is 0.304. The van der Waals surface area contributed by atoms with E-state index in [4.69, 9.17) is 10.5 Å². The zero-order chi connectivity index (χ0) is 15.2. The second-order valence-corrected chi connectivity index (χ2v) is 4.96. The minimum absolute atomic E-state index is 0.304. The van der Waals surface area contributed by atoms with E-state index in [1.54, 1.807) is 12.3 Å².